The molecule has 1 aromatic heterocycles. The van der Waals surface area contributed by atoms with Gasteiger partial charge in [-0.3, -0.25) is 9.59 Å². The van der Waals surface area contributed by atoms with E-state index in [9.17, 15) is 14.7 Å². The summed E-state index contributed by atoms with van der Waals surface area (Å²) >= 11 is 0. The van der Waals surface area contributed by atoms with E-state index in [4.69, 9.17) is 9.47 Å². The summed E-state index contributed by atoms with van der Waals surface area (Å²) in [6, 6.07) is 20.7. The molecule has 0 bridgehead atoms. The first kappa shape index (κ1) is 24.2. The highest BCUT2D eigenvalue weighted by molar-refractivity contribution is 6.05. The number of azo groups is 1. The first-order valence-electron chi connectivity index (χ1n) is 11.0. The van der Waals surface area contributed by atoms with Crippen LogP contribution in [0.4, 0.5) is 5.69 Å². The Labute approximate surface area is 207 Å². The number of rotatable bonds is 7. The molecular formula is C27H24N4O5. The van der Waals surface area contributed by atoms with Gasteiger partial charge in [0.2, 0.25) is 5.88 Å². The van der Waals surface area contributed by atoms with Gasteiger partial charge < -0.3 is 24.5 Å². The highest BCUT2D eigenvalue weighted by atomic mass is 16.5. The van der Waals surface area contributed by atoms with Gasteiger partial charge in [0.1, 0.15) is 5.70 Å². The maximum atomic E-state index is 13.1. The van der Waals surface area contributed by atoms with Crippen molar-refractivity contribution in [3.8, 4) is 17.4 Å². The van der Waals surface area contributed by atoms with Crippen LogP contribution in [-0.2, 0) is 11.8 Å². The summed E-state index contributed by atoms with van der Waals surface area (Å²) in [7, 11) is 4.70. The van der Waals surface area contributed by atoms with E-state index in [2.05, 4.69) is 15.5 Å². The van der Waals surface area contributed by atoms with E-state index < -0.39 is 11.8 Å². The van der Waals surface area contributed by atoms with Crippen LogP contribution in [-0.4, -0.2) is 35.7 Å². The lowest BCUT2D eigenvalue weighted by Crippen LogP contribution is -2.26. The van der Waals surface area contributed by atoms with Gasteiger partial charge in [0.15, 0.2) is 17.2 Å². The SMILES string of the molecule is COc1ccc(/C=C(\NC(=O)c2ccccc2)C(=O)N=Nc2c(O)n(C)c3ccccc23)cc1OC. The zero-order valence-electron chi connectivity index (χ0n) is 19.9. The molecule has 9 heteroatoms. The van der Waals surface area contributed by atoms with Crippen LogP contribution in [0.25, 0.3) is 17.0 Å². The molecule has 36 heavy (non-hydrogen) atoms. The van der Waals surface area contributed by atoms with Crippen LogP contribution in [0.1, 0.15) is 15.9 Å². The van der Waals surface area contributed by atoms with Crippen molar-refractivity contribution in [1.82, 2.24) is 9.88 Å². The number of aromatic hydroxyl groups is 1. The summed E-state index contributed by atoms with van der Waals surface area (Å²) in [4.78, 5) is 25.9. The molecule has 0 saturated heterocycles. The summed E-state index contributed by atoms with van der Waals surface area (Å²) in [6.07, 6.45) is 1.47. The zero-order valence-corrected chi connectivity index (χ0v) is 19.9. The van der Waals surface area contributed by atoms with Crippen LogP contribution in [0, 0.1) is 0 Å². The quantitative estimate of drug-likeness (QED) is 0.284. The average molecular weight is 485 g/mol. The lowest BCUT2D eigenvalue weighted by Gasteiger charge is -2.10. The number of carbonyl (C=O) groups excluding carboxylic acids is 2. The molecule has 0 saturated carbocycles. The largest absolute Gasteiger partial charge is 0.493 e. The number of fused-ring (bicyclic) bond motifs is 1. The molecule has 1 heterocycles. The smallest absolute Gasteiger partial charge is 0.311 e. The van der Waals surface area contributed by atoms with Gasteiger partial charge in [-0.15, -0.1) is 10.2 Å². The predicted molar refractivity (Wildman–Crippen MR) is 136 cm³/mol. The number of hydrogen-bond acceptors (Lipinski definition) is 6. The molecule has 0 aliphatic rings. The third kappa shape index (κ3) is 4.95. The van der Waals surface area contributed by atoms with Crippen molar-refractivity contribution in [2.24, 2.45) is 17.3 Å². The van der Waals surface area contributed by atoms with Crippen molar-refractivity contribution in [2.75, 3.05) is 14.2 Å². The molecule has 0 fully saturated rings. The summed E-state index contributed by atoms with van der Waals surface area (Å²) in [5.74, 6) is -0.455. The number of aryl methyl sites for hydroxylation is 1. The Bertz CT molecular complexity index is 1490. The number of nitrogens with zero attached hydrogens (tertiary/aromatic N) is 3. The van der Waals surface area contributed by atoms with Gasteiger partial charge in [-0.1, -0.05) is 42.5 Å². The molecule has 0 unspecified atom stereocenters. The second kappa shape index (κ2) is 10.6. The lowest BCUT2D eigenvalue weighted by molar-refractivity contribution is -0.115. The van der Waals surface area contributed by atoms with E-state index in [0.717, 1.165) is 5.52 Å². The Balaban J connectivity index is 1.71. The maximum Gasteiger partial charge on any atom is 0.311 e. The van der Waals surface area contributed by atoms with Crippen LogP contribution in [0.3, 0.4) is 0 Å². The van der Waals surface area contributed by atoms with E-state index >= 15 is 0 Å². The minimum absolute atomic E-state index is 0.112. The molecule has 4 aromatic rings. The monoisotopic (exact) mass is 484 g/mol. The number of methoxy groups -OCH3 is 2. The predicted octanol–water partition coefficient (Wildman–Crippen LogP) is 4.98. The normalized spacial score (nSPS) is 11.6. The Kier molecular flexibility index (Phi) is 7.10. The first-order chi connectivity index (χ1) is 17.4. The Morgan fingerprint density at radius 1 is 0.944 bits per heavy atom. The van der Waals surface area contributed by atoms with E-state index in [1.807, 2.05) is 12.1 Å². The van der Waals surface area contributed by atoms with Crippen LogP contribution < -0.4 is 14.8 Å². The van der Waals surface area contributed by atoms with Crippen molar-refractivity contribution in [3.05, 3.63) is 89.6 Å². The standard InChI is InChI=1S/C27H24N4O5/c1-31-21-12-8-7-11-19(21)24(27(31)34)29-30-26(33)20(28-25(32)18-9-5-4-6-10-18)15-17-13-14-22(35-2)23(16-17)36-3/h4-16,34H,1-3H3,(H,28,32)/b20-15-,30-29?. The number of carbonyl (C=O) groups is 2. The summed E-state index contributed by atoms with van der Waals surface area (Å²) in [5.41, 5.74) is 1.70. The molecule has 0 radical (unpaired) electrons. The van der Waals surface area contributed by atoms with E-state index in [1.165, 1.54) is 20.3 Å². The van der Waals surface area contributed by atoms with Crippen LogP contribution in [0.2, 0.25) is 0 Å². The third-order valence-corrected chi connectivity index (χ3v) is 5.52. The maximum absolute atomic E-state index is 13.1. The molecule has 2 N–H and O–H groups in total. The number of hydrogen-bond donors (Lipinski definition) is 2. The van der Waals surface area contributed by atoms with Crippen LogP contribution in [0.5, 0.6) is 17.4 Å². The van der Waals surface area contributed by atoms with Crippen molar-refractivity contribution in [1.29, 1.82) is 0 Å². The second-order valence-corrected chi connectivity index (χ2v) is 7.75. The lowest BCUT2D eigenvalue weighted by atomic mass is 10.1. The molecule has 4 rings (SSSR count). The topological polar surface area (TPSA) is 115 Å². The molecule has 0 aliphatic carbocycles. The number of nitrogens with one attached hydrogen (secondary N) is 1. The number of benzene rings is 3. The first-order valence-corrected chi connectivity index (χ1v) is 11.0. The minimum Gasteiger partial charge on any atom is -0.493 e. The highest BCUT2D eigenvalue weighted by Crippen LogP contribution is 2.37. The Morgan fingerprint density at radius 2 is 1.64 bits per heavy atom. The summed E-state index contributed by atoms with van der Waals surface area (Å²) in [5, 5.41) is 21.6. The second-order valence-electron chi connectivity index (χ2n) is 7.75. The van der Waals surface area contributed by atoms with Crippen molar-refractivity contribution < 1.29 is 24.2 Å². The van der Waals surface area contributed by atoms with E-state index in [-0.39, 0.29) is 17.3 Å². The summed E-state index contributed by atoms with van der Waals surface area (Å²) < 4.78 is 12.1. The molecule has 182 valence electrons. The van der Waals surface area contributed by atoms with Gasteiger partial charge in [0.05, 0.1) is 19.7 Å². The molecule has 9 nitrogen and oxygen atoms in total. The van der Waals surface area contributed by atoms with Crippen molar-refractivity contribution in [3.63, 3.8) is 0 Å². The molecular weight excluding hydrogens is 460 g/mol. The minimum atomic E-state index is -0.804. The van der Waals surface area contributed by atoms with Gasteiger partial charge in [0.25, 0.3) is 5.91 Å². The average Bonchev–Trinajstić information content (AvgIpc) is 3.16. The van der Waals surface area contributed by atoms with Gasteiger partial charge in [0, 0.05) is 18.0 Å². The summed E-state index contributed by atoms with van der Waals surface area (Å²) in [6.45, 7) is 0. The fraction of sp³-hybridized carbons (Fsp3) is 0.111. The highest BCUT2D eigenvalue weighted by Gasteiger charge is 2.18. The number of ether oxygens (including phenoxy) is 2. The molecule has 3 aromatic carbocycles. The fourth-order valence-corrected chi connectivity index (χ4v) is 3.65. The van der Waals surface area contributed by atoms with Gasteiger partial charge >= 0.3 is 5.91 Å². The van der Waals surface area contributed by atoms with Gasteiger partial charge in [-0.2, -0.15) is 0 Å². The Morgan fingerprint density at radius 3 is 2.36 bits per heavy atom. The number of amides is 2. The van der Waals surface area contributed by atoms with Crippen molar-refractivity contribution in [2.45, 2.75) is 0 Å². The molecule has 0 atom stereocenters. The van der Waals surface area contributed by atoms with Crippen LogP contribution >= 0.6 is 0 Å². The fourth-order valence-electron chi connectivity index (χ4n) is 3.65. The number of para-hydroxylation sites is 1. The molecule has 0 aliphatic heterocycles. The number of aromatic nitrogens is 1. The van der Waals surface area contributed by atoms with Crippen LogP contribution in [0.15, 0.2) is 88.7 Å². The van der Waals surface area contributed by atoms with Crippen molar-refractivity contribution >= 4 is 34.5 Å². The van der Waals surface area contributed by atoms with E-state index in [1.54, 1.807) is 72.3 Å². The van der Waals surface area contributed by atoms with E-state index in [0.29, 0.717) is 28.0 Å². The van der Waals surface area contributed by atoms with Gasteiger partial charge in [-0.05, 0) is 42.0 Å². The molecule has 2 amide bonds. The molecule has 0 spiro atoms. The third-order valence-electron chi connectivity index (χ3n) is 5.52. The Hall–Kier alpha value is -4.92. The zero-order chi connectivity index (χ0) is 25.7. The van der Waals surface area contributed by atoms with Gasteiger partial charge in [-0.25, -0.2) is 0 Å².